The highest BCUT2D eigenvalue weighted by molar-refractivity contribution is 8.26. The fourth-order valence-electron chi connectivity index (χ4n) is 4.83. The van der Waals surface area contributed by atoms with E-state index in [9.17, 15) is 14.0 Å². The SMILES string of the molecule is CCOCCCN1C(=O)/C(=C/c2c(N3CCN(c4ccccc4F)CC3)nc3c(C)cccn3c2=O)SC1=S. The minimum absolute atomic E-state index is 0.217. The number of fused-ring (bicyclic) bond motifs is 1. The van der Waals surface area contributed by atoms with Crippen LogP contribution in [-0.4, -0.2) is 70.4 Å². The number of nitrogens with zero attached hydrogens (tertiary/aromatic N) is 5. The third-order valence-corrected chi connectivity index (χ3v) is 8.24. The van der Waals surface area contributed by atoms with Gasteiger partial charge in [0.2, 0.25) is 0 Å². The summed E-state index contributed by atoms with van der Waals surface area (Å²) in [6.45, 7) is 7.68. The highest BCUT2D eigenvalue weighted by Gasteiger charge is 2.33. The Kier molecular flexibility index (Phi) is 8.29. The molecule has 0 N–H and O–H groups in total. The molecule has 3 aromatic rings. The first-order valence-corrected chi connectivity index (χ1v) is 14.2. The van der Waals surface area contributed by atoms with Crippen LogP contribution in [0.3, 0.4) is 0 Å². The first-order chi connectivity index (χ1) is 18.9. The summed E-state index contributed by atoms with van der Waals surface area (Å²) in [5, 5.41) is 0. The largest absolute Gasteiger partial charge is 0.382 e. The van der Waals surface area contributed by atoms with Crippen LogP contribution in [0.2, 0.25) is 0 Å². The lowest BCUT2D eigenvalue weighted by molar-refractivity contribution is -0.122. The minimum Gasteiger partial charge on any atom is -0.382 e. The summed E-state index contributed by atoms with van der Waals surface area (Å²) in [7, 11) is 0. The molecule has 0 unspecified atom stereocenters. The van der Waals surface area contributed by atoms with E-state index >= 15 is 0 Å². The molecular formula is C28H30FN5O3S2. The molecule has 0 atom stereocenters. The Morgan fingerprint density at radius 2 is 1.85 bits per heavy atom. The lowest BCUT2D eigenvalue weighted by atomic mass is 10.2. The molecule has 2 saturated heterocycles. The van der Waals surface area contributed by atoms with Crippen LogP contribution in [0.4, 0.5) is 15.9 Å². The molecule has 2 aromatic heterocycles. The monoisotopic (exact) mass is 567 g/mol. The van der Waals surface area contributed by atoms with Crippen molar-refractivity contribution in [2.75, 3.05) is 55.7 Å². The fraction of sp³-hybridized carbons (Fsp3) is 0.357. The van der Waals surface area contributed by atoms with Crippen molar-refractivity contribution >= 4 is 57.4 Å². The van der Waals surface area contributed by atoms with E-state index in [2.05, 4.69) is 0 Å². The molecule has 5 rings (SSSR count). The van der Waals surface area contributed by atoms with Gasteiger partial charge in [-0.05, 0) is 50.1 Å². The zero-order valence-electron chi connectivity index (χ0n) is 21.9. The summed E-state index contributed by atoms with van der Waals surface area (Å²) < 4.78 is 21.8. The molecule has 0 radical (unpaired) electrons. The Bertz CT molecular complexity index is 1500. The molecule has 2 aliphatic rings. The van der Waals surface area contributed by atoms with Gasteiger partial charge in [0, 0.05) is 52.1 Å². The third-order valence-electron chi connectivity index (χ3n) is 6.86. The molecular weight excluding hydrogens is 537 g/mol. The van der Waals surface area contributed by atoms with Crippen molar-refractivity contribution in [2.45, 2.75) is 20.3 Å². The average molecular weight is 568 g/mol. The van der Waals surface area contributed by atoms with E-state index in [1.54, 1.807) is 35.4 Å². The second-order valence-corrected chi connectivity index (χ2v) is 11.0. The second-order valence-electron chi connectivity index (χ2n) is 9.35. The third kappa shape index (κ3) is 5.57. The Balaban J connectivity index is 1.48. The van der Waals surface area contributed by atoms with E-state index in [1.807, 2.05) is 35.8 Å². The summed E-state index contributed by atoms with van der Waals surface area (Å²) in [5.74, 6) is 0.0438. The molecule has 2 aliphatic heterocycles. The van der Waals surface area contributed by atoms with Crippen LogP contribution < -0.4 is 15.4 Å². The van der Waals surface area contributed by atoms with Gasteiger partial charge in [0.15, 0.2) is 0 Å². The van der Waals surface area contributed by atoms with E-state index in [0.29, 0.717) is 84.3 Å². The van der Waals surface area contributed by atoms with Crippen molar-refractivity contribution in [1.29, 1.82) is 0 Å². The van der Waals surface area contributed by atoms with Gasteiger partial charge in [-0.15, -0.1) is 0 Å². The molecule has 11 heteroatoms. The normalized spacial score (nSPS) is 17.2. The van der Waals surface area contributed by atoms with E-state index < -0.39 is 0 Å². The minimum atomic E-state index is -0.257. The number of pyridine rings is 1. The van der Waals surface area contributed by atoms with E-state index in [4.69, 9.17) is 21.9 Å². The van der Waals surface area contributed by atoms with Crippen molar-refractivity contribution in [3.8, 4) is 0 Å². The summed E-state index contributed by atoms with van der Waals surface area (Å²) >= 11 is 6.68. The van der Waals surface area contributed by atoms with Crippen molar-refractivity contribution in [1.82, 2.24) is 14.3 Å². The number of aromatic nitrogens is 2. The summed E-state index contributed by atoms with van der Waals surface area (Å²) in [5.41, 5.74) is 2.08. The first-order valence-electron chi connectivity index (χ1n) is 13.0. The number of hydrogen-bond acceptors (Lipinski definition) is 8. The number of benzene rings is 1. The maximum Gasteiger partial charge on any atom is 0.267 e. The molecule has 4 heterocycles. The van der Waals surface area contributed by atoms with Crippen molar-refractivity contribution < 1.29 is 13.9 Å². The number of ether oxygens (including phenoxy) is 1. The summed E-state index contributed by atoms with van der Waals surface area (Å²) in [6.07, 6.45) is 3.99. The summed E-state index contributed by atoms with van der Waals surface area (Å²) in [6, 6.07) is 10.5. The van der Waals surface area contributed by atoms with Crippen molar-refractivity contribution in [3.05, 3.63) is 74.8 Å². The summed E-state index contributed by atoms with van der Waals surface area (Å²) in [4.78, 5) is 38.0. The number of halogens is 1. The van der Waals surface area contributed by atoms with E-state index in [1.165, 1.54) is 22.2 Å². The van der Waals surface area contributed by atoms with Gasteiger partial charge in [-0.1, -0.05) is 42.2 Å². The first kappa shape index (κ1) is 27.3. The molecule has 39 heavy (non-hydrogen) atoms. The van der Waals surface area contributed by atoms with Gasteiger partial charge in [0.25, 0.3) is 11.5 Å². The molecule has 1 amide bonds. The quantitative estimate of drug-likeness (QED) is 0.229. The smallest absolute Gasteiger partial charge is 0.267 e. The molecule has 1 aromatic carbocycles. The Hall–Kier alpha value is -3.28. The molecule has 0 aliphatic carbocycles. The van der Waals surface area contributed by atoms with Crippen molar-refractivity contribution in [2.24, 2.45) is 0 Å². The number of para-hydroxylation sites is 1. The van der Waals surface area contributed by atoms with Gasteiger partial charge in [0.1, 0.15) is 21.6 Å². The predicted molar refractivity (Wildman–Crippen MR) is 158 cm³/mol. The number of piperazine rings is 1. The molecule has 0 saturated carbocycles. The van der Waals surface area contributed by atoms with Gasteiger partial charge in [-0.3, -0.25) is 18.9 Å². The van der Waals surface area contributed by atoms with Gasteiger partial charge in [-0.2, -0.15) is 0 Å². The molecule has 8 nitrogen and oxygen atoms in total. The maximum atomic E-state index is 14.4. The number of amides is 1. The van der Waals surface area contributed by atoms with Crippen LogP contribution in [0.5, 0.6) is 0 Å². The van der Waals surface area contributed by atoms with Crippen LogP contribution in [0, 0.1) is 12.7 Å². The highest BCUT2D eigenvalue weighted by Crippen LogP contribution is 2.34. The Morgan fingerprint density at radius 3 is 2.59 bits per heavy atom. The fourth-order valence-corrected chi connectivity index (χ4v) is 6.12. The lowest BCUT2D eigenvalue weighted by Gasteiger charge is -2.37. The molecule has 0 bridgehead atoms. The van der Waals surface area contributed by atoms with Gasteiger partial charge >= 0.3 is 0 Å². The number of carbonyl (C=O) groups is 1. The van der Waals surface area contributed by atoms with Crippen LogP contribution in [0.15, 0.2) is 52.3 Å². The molecule has 2 fully saturated rings. The lowest BCUT2D eigenvalue weighted by Crippen LogP contribution is -2.47. The number of carbonyl (C=O) groups excluding carboxylic acids is 1. The number of thioether (sulfide) groups is 1. The van der Waals surface area contributed by atoms with Crippen LogP contribution in [-0.2, 0) is 9.53 Å². The molecule has 204 valence electrons. The second kappa shape index (κ2) is 11.8. The predicted octanol–water partition coefficient (Wildman–Crippen LogP) is 4.10. The number of thiocarbonyl (C=S) groups is 1. The van der Waals surface area contributed by atoms with Crippen LogP contribution in [0.25, 0.3) is 11.7 Å². The van der Waals surface area contributed by atoms with Gasteiger partial charge < -0.3 is 14.5 Å². The number of rotatable bonds is 8. The van der Waals surface area contributed by atoms with E-state index in [-0.39, 0.29) is 17.3 Å². The number of hydrogen-bond donors (Lipinski definition) is 0. The average Bonchev–Trinajstić information content (AvgIpc) is 3.20. The molecule has 0 spiro atoms. The van der Waals surface area contributed by atoms with Gasteiger partial charge in [0.05, 0.1) is 16.2 Å². The maximum absolute atomic E-state index is 14.4. The van der Waals surface area contributed by atoms with E-state index in [0.717, 1.165) is 5.56 Å². The Labute approximate surface area is 236 Å². The Morgan fingerprint density at radius 1 is 1.10 bits per heavy atom. The zero-order chi connectivity index (χ0) is 27.5. The van der Waals surface area contributed by atoms with Crippen LogP contribution in [0.1, 0.15) is 24.5 Å². The highest BCUT2D eigenvalue weighted by atomic mass is 32.2. The van der Waals surface area contributed by atoms with Crippen LogP contribution >= 0.6 is 24.0 Å². The number of anilines is 2. The zero-order valence-corrected chi connectivity index (χ0v) is 23.6. The standard InChI is InChI=1S/C28H30FN5O3S2/c1-3-37-17-7-12-34-27(36)23(39-28(34)38)18-20-25(30-24-19(2)8-6-11-33(24)26(20)35)32-15-13-31(14-16-32)22-10-5-4-9-21(22)29/h4-6,8-11,18H,3,7,12-17H2,1-2H3/b23-18-. The topological polar surface area (TPSA) is 70.4 Å². The number of aryl methyl sites for hydroxylation is 1. The van der Waals surface area contributed by atoms with Crippen molar-refractivity contribution in [3.63, 3.8) is 0 Å². The van der Waals surface area contributed by atoms with Gasteiger partial charge in [-0.25, -0.2) is 9.37 Å².